The number of hydrogen-bond acceptors (Lipinski definition) is 9. The van der Waals surface area contributed by atoms with Gasteiger partial charge in [-0.3, -0.25) is 10.1 Å². The van der Waals surface area contributed by atoms with Crippen LogP contribution in [0.15, 0.2) is 59.8 Å². The van der Waals surface area contributed by atoms with Gasteiger partial charge >= 0.3 is 0 Å². The monoisotopic (exact) mass is 484 g/mol. The second-order valence-corrected chi connectivity index (χ2v) is 9.43. The molecule has 0 saturated carbocycles. The van der Waals surface area contributed by atoms with Crippen molar-refractivity contribution in [2.75, 3.05) is 31.1 Å². The highest BCUT2D eigenvalue weighted by molar-refractivity contribution is 7.89. The smallest absolute Gasteiger partial charge is 0.269 e. The third-order valence-electron chi connectivity index (χ3n) is 5.51. The molecular formula is C20H17FN8O4S. The van der Waals surface area contributed by atoms with Gasteiger partial charge in [0.1, 0.15) is 12.1 Å². The highest BCUT2D eigenvalue weighted by Gasteiger charge is 2.30. The molecule has 3 heterocycles. The molecule has 14 heteroatoms. The number of rotatable bonds is 5. The SMILES string of the molecule is O=[N+]([O-])c1ccc(S(=O)(=O)N2CCN(c3ncnc4c3nnn4-c3ccc(F)cc3)CC2)cc1. The molecule has 0 aliphatic carbocycles. The van der Waals surface area contributed by atoms with Crippen LogP contribution in [0.25, 0.3) is 16.9 Å². The van der Waals surface area contributed by atoms with Crippen LogP contribution < -0.4 is 4.90 Å². The van der Waals surface area contributed by atoms with Gasteiger partial charge in [-0.05, 0) is 36.4 Å². The maximum Gasteiger partial charge on any atom is 0.269 e. The summed E-state index contributed by atoms with van der Waals surface area (Å²) < 4.78 is 42.0. The van der Waals surface area contributed by atoms with Crippen molar-refractivity contribution in [3.63, 3.8) is 0 Å². The third kappa shape index (κ3) is 3.82. The summed E-state index contributed by atoms with van der Waals surface area (Å²) in [4.78, 5) is 20.7. The highest BCUT2D eigenvalue weighted by atomic mass is 32.2. The lowest BCUT2D eigenvalue weighted by atomic mass is 10.3. The molecule has 1 aliphatic rings. The van der Waals surface area contributed by atoms with Crippen LogP contribution in [0.1, 0.15) is 0 Å². The highest BCUT2D eigenvalue weighted by Crippen LogP contribution is 2.26. The molecular weight excluding hydrogens is 467 g/mol. The minimum atomic E-state index is -3.80. The maximum absolute atomic E-state index is 13.3. The Morgan fingerprint density at radius 2 is 1.62 bits per heavy atom. The molecule has 1 fully saturated rings. The molecule has 1 saturated heterocycles. The van der Waals surface area contributed by atoms with Crippen molar-refractivity contribution in [3.8, 4) is 5.69 Å². The van der Waals surface area contributed by atoms with E-state index in [9.17, 15) is 22.9 Å². The average molecular weight is 484 g/mol. The van der Waals surface area contributed by atoms with Gasteiger partial charge in [0.25, 0.3) is 5.69 Å². The molecule has 0 N–H and O–H groups in total. The lowest BCUT2D eigenvalue weighted by Gasteiger charge is -2.34. The Morgan fingerprint density at radius 1 is 0.941 bits per heavy atom. The van der Waals surface area contributed by atoms with Crippen LogP contribution in [0, 0.1) is 15.9 Å². The van der Waals surface area contributed by atoms with Gasteiger partial charge < -0.3 is 4.90 Å². The number of anilines is 1. The molecule has 2 aromatic heterocycles. The number of benzene rings is 2. The van der Waals surface area contributed by atoms with Crippen molar-refractivity contribution in [2.24, 2.45) is 0 Å². The number of fused-ring (bicyclic) bond motifs is 1. The molecule has 0 amide bonds. The van der Waals surface area contributed by atoms with E-state index in [1.165, 1.54) is 51.7 Å². The first-order valence-corrected chi connectivity index (χ1v) is 11.6. The number of halogens is 1. The van der Waals surface area contributed by atoms with E-state index in [0.717, 1.165) is 0 Å². The van der Waals surface area contributed by atoms with Crippen molar-refractivity contribution < 1.29 is 17.7 Å². The predicted octanol–water partition coefficient (Wildman–Crippen LogP) is 1.77. The fourth-order valence-corrected chi connectivity index (χ4v) is 5.18. The quantitative estimate of drug-likeness (QED) is 0.306. The van der Waals surface area contributed by atoms with E-state index >= 15 is 0 Å². The molecule has 0 atom stereocenters. The Hall–Kier alpha value is -4.04. The topological polar surface area (TPSA) is 140 Å². The molecule has 174 valence electrons. The van der Waals surface area contributed by atoms with Crippen molar-refractivity contribution in [1.29, 1.82) is 0 Å². The molecule has 0 radical (unpaired) electrons. The molecule has 34 heavy (non-hydrogen) atoms. The Kier molecular flexibility index (Phi) is 5.37. The van der Waals surface area contributed by atoms with E-state index in [0.29, 0.717) is 35.8 Å². The van der Waals surface area contributed by atoms with Crippen molar-refractivity contribution in [3.05, 3.63) is 70.8 Å². The average Bonchev–Trinajstić information content (AvgIpc) is 3.29. The standard InChI is InChI=1S/C20H17FN8O4S/c21-14-1-3-15(4-2-14)28-20-18(24-25-28)19(22-13-23-20)26-9-11-27(12-10-26)34(32,33)17-7-5-16(6-8-17)29(30)31/h1-8,13H,9-12H2. The lowest BCUT2D eigenvalue weighted by molar-refractivity contribution is -0.384. The molecule has 1 aliphatic heterocycles. The van der Waals surface area contributed by atoms with Gasteiger partial charge in [0, 0.05) is 38.3 Å². The normalized spacial score (nSPS) is 15.0. The first kappa shape index (κ1) is 21.8. The first-order chi connectivity index (χ1) is 16.3. The summed E-state index contributed by atoms with van der Waals surface area (Å²) in [5, 5.41) is 19.1. The van der Waals surface area contributed by atoms with Crippen molar-refractivity contribution in [2.45, 2.75) is 4.90 Å². The van der Waals surface area contributed by atoms with Gasteiger partial charge in [-0.25, -0.2) is 22.8 Å². The lowest BCUT2D eigenvalue weighted by Crippen LogP contribution is -2.49. The molecule has 5 rings (SSSR count). The minimum Gasteiger partial charge on any atom is -0.352 e. The van der Waals surface area contributed by atoms with Gasteiger partial charge in [-0.1, -0.05) is 5.21 Å². The van der Waals surface area contributed by atoms with Crippen molar-refractivity contribution in [1.82, 2.24) is 29.3 Å². The number of piperazine rings is 1. The van der Waals surface area contributed by atoms with Crippen LogP contribution in [-0.2, 0) is 10.0 Å². The zero-order valence-electron chi connectivity index (χ0n) is 17.5. The summed E-state index contributed by atoms with van der Waals surface area (Å²) in [6, 6.07) is 10.6. The molecule has 0 spiro atoms. The summed E-state index contributed by atoms with van der Waals surface area (Å²) in [5.41, 5.74) is 1.30. The number of non-ortho nitro benzene ring substituents is 1. The molecule has 0 unspecified atom stereocenters. The number of hydrogen-bond donors (Lipinski definition) is 0. The van der Waals surface area contributed by atoms with Gasteiger partial charge in [-0.15, -0.1) is 5.10 Å². The molecule has 2 aromatic carbocycles. The Morgan fingerprint density at radius 3 is 2.26 bits per heavy atom. The molecule has 12 nitrogen and oxygen atoms in total. The van der Waals surface area contributed by atoms with Crippen LogP contribution in [0.4, 0.5) is 15.9 Å². The molecule has 4 aromatic rings. The maximum atomic E-state index is 13.3. The zero-order chi connectivity index (χ0) is 23.9. The fraction of sp³-hybridized carbons (Fsp3) is 0.200. The number of nitrogens with zero attached hydrogens (tertiary/aromatic N) is 8. The number of sulfonamides is 1. The largest absolute Gasteiger partial charge is 0.352 e. The zero-order valence-corrected chi connectivity index (χ0v) is 18.3. The van der Waals surface area contributed by atoms with Crippen LogP contribution in [0.5, 0.6) is 0 Å². The Labute approximate surface area is 192 Å². The van der Waals surface area contributed by atoms with Gasteiger partial charge in [0.05, 0.1) is 15.5 Å². The van der Waals surface area contributed by atoms with Crippen LogP contribution in [-0.4, -0.2) is 68.8 Å². The molecule has 0 bridgehead atoms. The minimum absolute atomic E-state index is 0.00165. The van der Waals surface area contributed by atoms with E-state index in [1.54, 1.807) is 12.1 Å². The van der Waals surface area contributed by atoms with Crippen LogP contribution >= 0.6 is 0 Å². The van der Waals surface area contributed by atoms with E-state index in [4.69, 9.17) is 0 Å². The summed E-state index contributed by atoms with van der Waals surface area (Å²) in [6.07, 6.45) is 1.38. The summed E-state index contributed by atoms with van der Waals surface area (Å²) in [5.74, 6) is 0.149. The van der Waals surface area contributed by atoms with Crippen molar-refractivity contribution >= 4 is 32.7 Å². The van der Waals surface area contributed by atoms with E-state index in [-0.39, 0.29) is 29.5 Å². The Bertz CT molecular complexity index is 1470. The van der Waals surface area contributed by atoms with Crippen LogP contribution in [0.3, 0.4) is 0 Å². The number of nitro groups is 1. The number of nitro benzene ring substituents is 1. The van der Waals surface area contributed by atoms with Gasteiger partial charge in [-0.2, -0.15) is 8.99 Å². The predicted molar refractivity (Wildman–Crippen MR) is 118 cm³/mol. The van der Waals surface area contributed by atoms with E-state index < -0.39 is 14.9 Å². The summed E-state index contributed by atoms with van der Waals surface area (Å²) >= 11 is 0. The van der Waals surface area contributed by atoms with E-state index in [1.807, 2.05) is 4.90 Å². The van der Waals surface area contributed by atoms with E-state index in [2.05, 4.69) is 20.3 Å². The second kappa shape index (κ2) is 8.39. The first-order valence-electron chi connectivity index (χ1n) is 10.2. The number of aromatic nitrogens is 5. The second-order valence-electron chi connectivity index (χ2n) is 7.49. The summed E-state index contributed by atoms with van der Waals surface area (Å²) in [6.45, 7) is 1.08. The van der Waals surface area contributed by atoms with Crippen LogP contribution in [0.2, 0.25) is 0 Å². The van der Waals surface area contributed by atoms with Gasteiger partial charge in [0.15, 0.2) is 17.0 Å². The van der Waals surface area contributed by atoms with Gasteiger partial charge in [0.2, 0.25) is 10.0 Å². The summed E-state index contributed by atoms with van der Waals surface area (Å²) in [7, 11) is -3.80. The fourth-order valence-electron chi connectivity index (χ4n) is 3.75. The third-order valence-corrected chi connectivity index (χ3v) is 7.43. The Balaban J connectivity index is 1.36.